The minimum atomic E-state index is 0.675. The summed E-state index contributed by atoms with van der Waals surface area (Å²) >= 11 is 0. The van der Waals surface area contributed by atoms with E-state index >= 15 is 0 Å². The van der Waals surface area contributed by atoms with Crippen LogP contribution < -0.4 is 0 Å². The van der Waals surface area contributed by atoms with Crippen LogP contribution in [0, 0.1) is 6.92 Å². The van der Waals surface area contributed by atoms with Crippen LogP contribution in [0.25, 0.3) is 0 Å². The van der Waals surface area contributed by atoms with Crippen LogP contribution in [-0.4, -0.2) is 11.3 Å². The lowest BCUT2D eigenvalue weighted by molar-refractivity contribution is 0.111. The molecule has 0 aliphatic rings. The number of carbonyl (C=O) groups excluding carboxylic acids is 1. The number of aldehydes is 1. The number of hydrogen-bond acceptors (Lipinski definition) is 1. The molecule has 1 aromatic heterocycles. The molecule has 0 radical (unpaired) electrons. The third-order valence-corrected chi connectivity index (χ3v) is 1.65. The summed E-state index contributed by atoms with van der Waals surface area (Å²) in [6.45, 7) is 4.05. The van der Waals surface area contributed by atoms with E-state index in [-0.39, 0.29) is 0 Å². The van der Waals surface area contributed by atoms with Gasteiger partial charge in [-0.05, 0) is 25.0 Å². The lowest BCUT2D eigenvalue weighted by Gasteiger charge is -1.88. The van der Waals surface area contributed by atoms with Crippen molar-refractivity contribution in [1.29, 1.82) is 0 Å². The highest BCUT2D eigenvalue weighted by atomic mass is 16.1. The van der Waals surface area contributed by atoms with Crippen molar-refractivity contribution in [2.75, 3.05) is 0 Å². The summed E-state index contributed by atoms with van der Waals surface area (Å²) in [6, 6.07) is 1.89. The van der Waals surface area contributed by atoms with E-state index in [4.69, 9.17) is 0 Å². The number of aromatic nitrogens is 1. The number of H-pyrrole nitrogens is 1. The zero-order valence-electron chi connectivity index (χ0n) is 6.27. The molecule has 0 bridgehead atoms. The second-order valence-corrected chi connectivity index (χ2v) is 2.35. The fourth-order valence-electron chi connectivity index (χ4n) is 1.06. The fraction of sp³-hybridized carbons (Fsp3) is 0.375. The van der Waals surface area contributed by atoms with Crippen LogP contribution in [0.4, 0.5) is 0 Å². The quantitative estimate of drug-likeness (QED) is 0.618. The highest BCUT2D eigenvalue weighted by molar-refractivity contribution is 5.72. The highest BCUT2D eigenvalue weighted by Gasteiger charge is 1.99. The number of rotatable bonds is 2. The van der Waals surface area contributed by atoms with Crippen LogP contribution in [0.3, 0.4) is 0 Å². The van der Waals surface area contributed by atoms with Gasteiger partial charge in [0, 0.05) is 5.69 Å². The van der Waals surface area contributed by atoms with Crippen LogP contribution in [-0.2, 0) is 6.42 Å². The van der Waals surface area contributed by atoms with Gasteiger partial charge in [-0.1, -0.05) is 6.92 Å². The molecule has 1 rings (SSSR count). The average Bonchev–Trinajstić information content (AvgIpc) is 2.30. The Morgan fingerprint density at radius 3 is 2.70 bits per heavy atom. The average molecular weight is 137 g/mol. The third-order valence-electron chi connectivity index (χ3n) is 1.65. The highest BCUT2D eigenvalue weighted by Crippen LogP contribution is 2.08. The molecule has 2 heteroatoms. The summed E-state index contributed by atoms with van der Waals surface area (Å²) < 4.78 is 0. The molecule has 54 valence electrons. The van der Waals surface area contributed by atoms with Gasteiger partial charge in [-0.2, -0.15) is 0 Å². The van der Waals surface area contributed by atoms with E-state index in [2.05, 4.69) is 11.9 Å². The molecule has 1 N–H and O–H groups in total. The van der Waals surface area contributed by atoms with Gasteiger partial charge >= 0.3 is 0 Å². The smallest absolute Gasteiger partial charge is 0.166 e. The minimum absolute atomic E-state index is 0.675. The molecule has 0 spiro atoms. The van der Waals surface area contributed by atoms with E-state index in [1.165, 1.54) is 5.56 Å². The van der Waals surface area contributed by atoms with Gasteiger partial charge in [0.05, 0.1) is 5.69 Å². The predicted octanol–water partition coefficient (Wildman–Crippen LogP) is 1.70. The predicted molar refractivity (Wildman–Crippen MR) is 40.3 cm³/mol. The monoisotopic (exact) mass is 137 g/mol. The number of nitrogens with one attached hydrogen (secondary N) is 1. The summed E-state index contributed by atoms with van der Waals surface area (Å²) in [7, 11) is 0. The normalized spacial score (nSPS) is 9.80. The Morgan fingerprint density at radius 1 is 1.70 bits per heavy atom. The zero-order valence-corrected chi connectivity index (χ0v) is 6.27. The Balaban J connectivity index is 3.03. The van der Waals surface area contributed by atoms with Crippen molar-refractivity contribution in [2.45, 2.75) is 20.3 Å². The van der Waals surface area contributed by atoms with Crippen molar-refractivity contribution in [3.8, 4) is 0 Å². The topological polar surface area (TPSA) is 32.9 Å². The SMILES string of the molecule is CCc1cc(C=O)[nH]c1C. The maximum Gasteiger partial charge on any atom is 0.166 e. The molecule has 10 heavy (non-hydrogen) atoms. The molecule has 0 aromatic carbocycles. The Labute approximate surface area is 60.3 Å². The lowest BCUT2D eigenvalue weighted by Crippen LogP contribution is -1.78. The van der Waals surface area contributed by atoms with Crippen molar-refractivity contribution in [2.24, 2.45) is 0 Å². The zero-order chi connectivity index (χ0) is 7.56. The minimum Gasteiger partial charge on any atom is -0.356 e. The second-order valence-electron chi connectivity index (χ2n) is 2.35. The molecule has 1 heterocycles. The molecule has 2 nitrogen and oxygen atoms in total. The molecule has 0 atom stereocenters. The van der Waals surface area contributed by atoms with Gasteiger partial charge in [0.25, 0.3) is 0 Å². The van der Waals surface area contributed by atoms with Gasteiger partial charge < -0.3 is 4.98 Å². The Morgan fingerprint density at radius 2 is 2.40 bits per heavy atom. The van der Waals surface area contributed by atoms with E-state index in [1.54, 1.807) is 0 Å². The van der Waals surface area contributed by atoms with Crippen LogP contribution in [0.2, 0.25) is 0 Å². The van der Waals surface area contributed by atoms with Gasteiger partial charge in [-0.25, -0.2) is 0 Å². The molecule has 0 saturated carbocycles. The number of aryl methyl sites for hydroxylation is 2. The van der Waals surface area contributed by atoms with E-state index in [9.17, 15) is 4.79 Å². The standard InChI is InChI=1S/C8H11NO/c1-3-7-4-8(5-10)9-6(7)2/h4-5,9H,3H2,1-2H3. The van der Waals surface area contributed by atoms with Crippen molar-refractivity contribution in [3.63, 3.8) is 0 Å². The van der Waals surface area contributed by atoms with Crippen molar-refractivity contribution in [1.82, 2.24) is 4.98 Å². The van der Waals surface area contributed by atoms with E-state index in [0.717, 1.165) is 18.4 Å². The van der Waals surface area contributed by atoms with E-state index in [1.807, 2.05) is 13.0 Å². The first kappa shape index (κ1) is 7.06. The largest absolute Gasteiger partial charge is 0.356 e. The number of hydrogen-bond donors (Lipinski definition) is 1. The molecule has 0 aliphatic heterocycles. The molecule has 0 unspecified atom stereocenters. The second kappa shape index (κ2) is 2.69. The van der Waals surface area contributed by atoms with Crippen LogP contribution in [0.15, 0.2) is 6.07 Å². The first-order chi connectivity index (χ1) is 4.77. The molecule has 1 aromatic rings. The van der Waals surface area contributed by atoms with Gasteiger partial charge in [-0.3, -0.25) is 4.79 Å². The van der Waals surface area contributed by atoms with Gasteiger partial charge in [-0.15, -0.1) is 0 Å². The molecule has 0 saturated heterocycles. The molecule has 0 aliphatic carbocycles. The van der Waals surface area contributed by atoms with E-state index in [0.29, 0.717) is 5.69 Å². The van der Waals surface area contributed by atoms with Gasteiger partial charge in [0.1, 0.15) is 0 Å². The van der Waals surface area contributed by atoms with Gasteiger partial charge in [0.2, 0.25) is 0 Å². The number of aromatic amines is 1. The molecular formula is C8H11NO. The summed E-state index contributed by atoms with van der Waals surface area (Å²) in [5, 5.41) is 0. The molecular weight excluding hydrogens is 126 g/mol. The third kappa shape index (κ3) is 1.10. The summed E-state index contributed by atoms with van der Waals surface area (Å²) in [6.07, 6.45) is 1.82. The first-order valence-corrected chi connectivity index (χ1v) is 3.41. The van der Waals surface area contributed by atoms with Crippen molar-refractivity contribution in [3.05, 3.63) is 23.0 Å². The first-order valence-electron chi connectivity index (χ1n) is 3.41. The Hall–Kier alpha value is -1.05. The maximum atomic E-state index is 10.3. The van der Waals surface area contributed by atoms with Crippen LogP contribution in [0.1, 0.15) is 28.7 Å². The fourth-order valence-corrected chi connectivity index (χ4v) is 1.06. The maximum absolute atomic E-state index is 10.3. The summed E-state index contributed by atoms with van der Waals surface area (Å²) in [4.78, 5) is 13.2. The summed E-state index contributed by atoms with van der Waals surface area (Å²) in [5.41, 5.74) is 3.00. The Kier molecular flexibility index (Phi) is 1.90. The van der Waals surface area contributed by atoms with Crippen LogP contribution >= 0.6 is 0 Å². The van der Waals surface area contributed by atoms with E-state index < -0.39 is 0 Å². The van der Waals surface area contributed by atoms with Crippen molar-refractivity contribution >= 4 is 6.29 Å². The van der Waals surface area contributed by atoms with Gasteiger partial charge in [0.15, 0.2) is 6.29 Å². The molecule has 0 fully saturated rings. The van der Waals surface area contributed by atoms with Crippen LogP contribution in [0.5, 0.6) is 0 Å². The lowest BCUT2D eigenvalue weighted by atomic mass is 10.2. The number of carbonyl (C=O) groups is 1. The van der Waals surface area contributed by atoms with Crippen molar-refractivity contribution < 1.29 is 4.79 Å². The Bertz CT molecular complexity index is 237. The molecule has 0 amide bonds. The summed E-state index contributed by atoms with van der Waals surface area (Å²) in [5.74, 6) is 0.